The summed E-state index contributed by atoms with van der Waals surface area (Å²) in [6, 6.07) is 5.30. The third-order valence-electron chi connectivity index (χ3n) is 4.26. The van der Waals surface area contributed by atoms with Crippen molar-refractivity contribution >= 4 is 50.0 Å². The van der Waals surface area contributed by atoms with Crippen LogP contribution in [0.3, 0.4) is 0 Å². The third kappa shape index (κ3) is 3.21. The number of rotatable bonds is 2. The number of anilines is 1. The van der Waals surface area contributed by atoms with Gasteiger partial charge in [0, 0.05) is 21.9 Å². The van der Waals surface area contributed by atoms with Gasteiger partial charge in [-0.1, -0.05) is 43.3 Å². The van der Waals surface area contributed by atoms with E-state index in [1.54, 1.807) is 19.9 Å². The predicted molar refractivity (Wildman–Crippen MR) is 99.8 cm³/mol. The summed E-state index contributed by atoms with van der Waals surface area (Å²) in [4.78, 5) is 18.3. The second-order valence-corrected chi connectivity index (χ2v) is 10.2. The maximum atomic E-state index is 12.1. The Kier molecular flexibility index (Phi) is 4.70. The minimum absolute atomic E-state index is 0.0749. The number of carbonyl (C=O) groups excluding carboxylic acids is 1. The van der Waals surface area contributed by atoms with Gasteiger partial charge in [0.25, 0.3) is 5.91 Å². The van der Waals surface area contributed by atoms with Crippen molar-refractivity contribution in [2.24, 2.45) is 10.9 Å². The first-order chi connectivity index (χ1) is 11.2. The van der Waals surface area contributed by atoms with Gasteiger partial charge in [-0.05, 0) is 24.6 Å². The molecular weight excluding hydrogens is 368 g/mol. The van der Waals surface area contributed by atoms with E-state index < -0.39 is 9.84 Å². The molecule has 5 nitrogen and oxygen atoms in total. The number of nitrogens with zero attached hydrogens (tertiary/aromatic N) is 2. The monoisotopic (exact) mass is 386 g/mol. The second-order valence-electron chi connectivity index (χ2n) is 6.44. The number of amides is 1. The first-order valence-electron chi connectivity index (χ1n) is 7.73. The van der Waals surface area contributed by atoms with Gasteiger partial charge in [-0.2, -0.15) is 4.99 Å². The van der Waals surface area contributed by atoms with Crippen LogP contribution in [0, 0.1) is 12.8 Å². The lowest BCUT2D eigenvalue weighted by Crippen LogP contribution is -2.38. The fourth-order valence-corrected chi connectivity index (χ4v) is 7.01. The number of amidine groups is 1. The lowest BCUT2D eigenvalue weighted by molar-refractivity contribution is -0.120. The Morgan fingerprint density at radius 1 is 1.38 bits per heavy atom. The van der Waals surface area contributed by atoms with E-state index in [-0.39, 0.29) is 34.6 Å². The molecule has 2 atom stereocenters. The van der Waals surface area contributed by atoms with E-state index in [0.717, 1.165) is 11.3 Å². The summed E-state index contributed by atoms with van der Waals surface area (Å²) in [5.41, 5.74) is 1.67. The van der Waals surface area contributed by atoms with Gasteiger partial charge in [0.2, 0.25) is 0 Å². The quantitative estimate of drug-likeness (QED) is 0.781. The lowest BCUT2D eigenvalue weighted by Gasteiger charge is -2.26. The van der Waals surface area contributed by atoms with Crippen molar-refractivity contribution in [2.45, 2.75) is 32.1 Å². The molecule has 0 spiro atoms. The molecule has 1 aromatic rings. The summed E-state index contributed by atoms with van der Waals surface area (Å²) in [6.07, 6.45) is 0. The maximum absolute atomic E-state index is 12.1. The van der Waals surface area contributed by atoms with Crippen molar-refractivity contribution in [1.82, 2.24) is 0 Å². The summed E-state index contributed by atoms with van der Waals surface area (Å²) in [6.45, 7) is 5.49. The topological polar surface area (TPSA) is 66.8 Å². The molecule has 0 aromatic heterocycles. The molecule has 1 amide bonds. The summed E-state index contributed by atoms with van der Waals surface area (Å²) in [5.74, 6) is -0.214. The minimum Gasteiger partial charge on any atom is -0.315 e. The zero-order valence-corrected chi connectivity index (χ0v) is 16.1. The van der Waals surface area contributed by atoms with Crippen LogP contribution in [0.4, 0.5) is 5.69 Å². The Labute approximate surface area is 151 Å². The van der Waals surface area contributed by atoms with Crippen LogP contribution in [0.1, 0.15) is 19.4 Å². The van der Waals surface area contributed by atoms with Crippen LogP contribution in [-0.2, 0) is 14.6 Å². The largest absolute Gasteiger partial charge is 0.315 e. The minimum atomic E-state index is -3.07. The van der Waals surface area contributed by atoms with Crippen LogP contribution in [-0.4, -0.2) is 42.3 Å². The van der Waals surface area contributed by atoms with Crippen molar-refractivity contribution in [3.05, 3.63) is 28.8 Å². The summed E-state index contributed by atoms with van der Waals surface area (Å²) >= 11 is 7.62. The van der Waals surface area contributed by atoms with Crippen LogP contribution in [0.25, 0.3) is 0 Å². The van der Waals surface area contributed by atoms with E-state index in [1.807, 2.05) is 24.0 Å². The molecule has 2 saturated heterocycles. The second kappa shape index (κ2) is 6.35. The number of aliphatic imine (C=N–C) groups is 1. The van der Waals surface area contributed by atoms with E-state index in [2.05, 4.69) is 4.99 Å². The number of benzene rings is 1. The number of sulfone groups is 1. The van der Waals surface area contributed by atoms with Crippen LogP contribution >= 0.6 is 23.4 Å². The summed E-state index contributed by atoms with van der Waals surface area (Å²) in [7, 11) is -3.07. The van der Waals surface area contributed by atoms with Crippen LogP contribution in [0.2, 0.25) is 5.02 Å². The maximum Gasteiger partial charge on any atom is 0.250 e. The van der Waals surface area contributed by atoms with E-state index in [0.29, 0.717) is 10.2 Å². The number of carbonyl (C=O) groups is 1. The highest BCUT2D eigenvalue weighted by Crippen LogP contribution is 2.42. The number of hydrogen-bond acceptors (Lipinski definition) is 4. The normalized spacial score (nSPS) is 27.0. The molecule has 2 heterocycles. The first-order valence-corrected chi connectivity index (χ1v) is 10.8. The SMILES string of the molecule is Cc1c(Cl)cccc1N1C(=NC(=O)C(C)C)S[C@@H]2CS(=O)(=O)C[C@H]21. The van der Waals surface area contributed by atoms with Gasteiger partial charge in [-0.15, -0.1) is 0 Å². The summed E-state index contributed by atoms with van der Waals surface area (Å²) in [5, 5.41) is 1.08. The van der Waals surface area contributed by atoms with Gasteiger partial charge >= 0.3 is 0 Å². The zero-order chi connectivity index (χ0) is 17.6. The Hall–Kier alpha value is -1.05. The van der Waals surface area contributed by atoms with Crippen molar-refractivity contribution in [3.63, 3.8) is 0 Å². The van der Waals surface area contributed by atoms with Gasteiger partial charge in [-0.25, -0.2) is 8.42 Å². The summed E-state index contributed by atoms with van der Waals surface area (Å²) < 4.78 is 24.1. The fourth-order valence-electron chi connectivity index (χ4n) is 2.93. The van der Waals surface area contributed by atoms with Crippen LogP contribution < -0.4 is 4.90 Å². The van der Waals surface area contributed by atoms with Crippen molar-refractivity contribution in [3.8, 4) is 0 Å². The molecule has 3 rings (SSSR count). The molecule has 130 valence electrons. The molecule has 8 heteroatoms. The standard InChI is InChI=1S/C16H19ClN2O3S2/c1-9(2)15(20)18-16-19(12-6-4-5-11(17)10(12)3)13-7-24(21,22)8-14(13)23-16/h4-6,9,13-14H,7-8H2,1-3H3/t13-,14-/m1/s1. The smallest absolute Gasteiger partial charge is 0.250 e. The van der Waals surface area contributed by atoms with Crippen molar-refractivity contribution in [2.75, 3.05) is 16.4 Å². The van der Waals surface area contributed by atoms with Gasteiger partial charge in [0.05, 0.1) is 17.5 Å². The zero-order valence-electron chi connectivity index (χ0n) is 13.7. The molecule has 0 saturated carbocycles. The average molecular weight is 387 g/mol. The van der Waals surface area contributed by atoms with Crippen LogP contribution in [0.5, 0.6) is 0 Å². The van der Waals surface area contributed by atoms with Crippen molar-refractivity contribution in [1.29, 1.82) is 0 Å². The third-order valence-corrected chi connectivity index (χ3v) is 7.88. The Bertz CT molecular complexity index is 821. The van der Waals surface area contributed by atoms with E-state index in [1.165, 1.54) is 11.8 Å². The number of thioether (sulfide) groups is 1. The highest BCUT2D eigenvalue weighted by Gasteiger charge is 2.49. The van der Waals surface area contributed by atoms with Gasteiger partial charge in [0.15, 0.2) is 15.0 Å². The van der Waals surface area contributed by atoms with Crippen LogP contribution in [0.15, 0.2) is 23.2 Å². The van der Waals surface area contributed by atoms with Gasteiger partial charge in [0.1, 0.15) is 0 Å². The molecule has 24 heavy (non-hydrogen) atoms. The molecule has 0 unspecified atom stereocenters. The number of halogens is 1. The Morgan fingerprint density at radius 2 is 2.08 bits per heavy atom. The Balaban J connectivity index is 2.08. The molecule has 0 bridgehead atoms. The molecule has 2 aliphatic rings. The first kappa shape index (κ1) is 17.8. The fraction of sp³-hybridized carbons (Fsp3) is 0.500. The molecule has 0 radical (unpaired) electrons. The average Bonchev–Trinajstić information content (AvgIpc) is 2.93. The molecule has 0 N–H and O–H groups in total. The molecule has 1 aromatic carbocycles. The Morgan fingerprint density at radius 3 is 2.75 bits per heavy atom. The number of fused-ring (bicyclic) bond motifs is 1. The van der Waals surface area contributed by atoms with E-state index >= 15 is 0 Å². The molecule has 0 aliphatic carbocycles. The van der Waals surface area contributed by atoms with Gasteiger partial charge in [-0.3, -0.25) is 4.79 Å². The molecular formula is C16H19ClN2O3S2. The highest BCUT2D eigenvalue weighted by molar-refractivity contribution is 8.16. The molecule has 2 aliphatic heterocycles. The van der Waals surface area contributed by atoms with E-state index in [4.69, 9.17) is 11.6 Å². The molecule has 2 fully saturated rings. The van der Waals surface area contributed by atoms with Gasteiger partial charge < -0.3 is 4.90 Å². The number of hydrogen-bond donors (Lipinski definition) is 0. The lowest BCUT2D eigenvalue weighted by atomic mass is 10.1. The van der Waals surface area contributed by atoms with Crippen molar-refractivity contribution < 1.29 is 13.2 Å². The predicted octanol–water partition coefficient (Wildman–Crippen LogP) is 2.91. The van der Waals surface area contributed by atoms with E-state index in [9.17, 15) is 13.2 Å². The highest BCUT2D eigenvalue weighted by atomic mass is 35.5.